The zero-order valence-electron chi connectivity index (χ0n) is 7.01. The van der Waals surface area contributed by atoms with Crippen molar-refractivity contribution in [1.29, 1.82) is 0 Å². The third-order valence-electron chi connectivity index (χ3n) is 1.25. The molecule has 0 fully saturated rings. The van der Waals surface area contributed by atoms with Gasteiger partial charge in [-0.3, -0.25) is 5.10 Å². The summed E-state index contributed by atoms with van der Waals surface area (Å²) in [7, 11) is 0. The van der Waals surface area contributed by atoms with Gasteiger partial charge in [-0.25, -0.2) is 0 Å². The normalized spacial score (nSPS) is 9.36. The Morgan fingerprint density at radius 3 is 2.82 bits per heavy atom. The largest absolute Gasteiger partial charge is 0.277 e. The zero-order chi connectivity index (χ0) is 8.27. The summed E-state index contributed by atoms with van der Waals surface area (Å²) in [5, 5.41) is 6.79. The highest BCUT2D eigenvalue weighted by Crippen LogP contribution is 2.21. The molecule has 2 aromatic heterocycles. The first-order chi connectivity index (χ1) is 5.36. The van der Waals surface area contributed by atoms with E-state index in [2.05, 4.69) is 23.2 Å². The highest BCUT2D eigenvalue weighted by Gasteiger charge is 1.96. The van der Waals surface area contributed by atoms with E-state index in [1.807, 2.05) is 20.0 Å². The molecule has 0 atom stereocenters. The number of nitrogens with zero attached hydrogens (tertiary/aromatic N) is 1. The molecule has 11 heavy (non-hydrogen) atoms. The van der Waals surface area contributed by atoms with Crippen LogP contribution >= 0.6 is 11.3 Å². The predicted molar refractivity (Wildman–Crippen MR) is 50.1 cm³/mol. The van der Waals surface area contributed by atoms with Gasteiger partial charge in [0.1, 0.15) is 0 Å². The molecule has 0 unspecified atom stereocenters. The highest BCUT2D eigenvalue weighted by atomic mass is 32.1. The minimum atomic E-state index is 1.15. The molecular formula is C8H12N2S. The molecule has 0 aliphatic rings. The third kappa shape index (κ3) is 1.60. The molecule has 2 rings (SSSR count). The predicted octanol–water partition coefficient (Wildman–Crippen LogP) is 2.96. The van der Waals surface area contributed by atoms with E-state index < -0.39 is 0 Å². The number of hydrogen-bond donors (Lipinski definition) is 1. The standard InChI is InChI=1S/C6H6N2S.C2H6/c1-4-2-5-6(9-4)3-7-8-5;1-2/h2-3H,1H3,(H,7,8);1-2H3. The average Bonchev–Trinajstić information content (AvgIpc) is 2.51. The van der Waals surface area contributed by atoms with Crippen LogP contribution in [0.4, 0.5) is 0 Å². The SMILES string of the molecule is CC.Cc1cc2[nH]ncc2s1. The van der Waals surface area contributed by atoms with E-state index in [4.69, 9.17) is 0 Å². The fraction of sp³-hybridized carbons (Fsp3) is 0.375. The fourth-order valence-corrected chi connectivity index (χ4v) is 1.72. The minimum Gasteiger partial charge on any atom is -0.277 e. The van der Waals surface area contributed by atoms with Gasteiger partial charge in [0.2, 0.25) is 0 Å². The van der Waals surface area contributed by atoms with Crippen molar-refractivity contribution in [2.24, 2.45) is 0 Å². The molecule has 0 spiro atoms. The van der Waals surface area contributed by atoms with Crippen molar-refractivity contribution in [2.45, 2.75) is 20.8 Å². The van der Waals surface area contributed by atoms with E-state index in [1.54, 1.807) is 11.3 Å². The van der Waals surface area contributed by atoms with Gasteiger partial charge in [-0.15, -0.1) is 11.3 Å². The van der Waals surface area contributed by atoms with Gasteiger partial charge in [-0.05, 0) is 13.0 Å². The van der Waals surface area contributed by atoms with E-state index in [-0.39, 0.29) is 0 Å². The summed E-state index contributed by atoms with van der Waals surface area (Å²) in [6.45, 7) is 6.10. The van der Waals surface area contributed by atoms with Gasteiger partial charge in [-0.1, -0.05) is 13.8 Å². The average molecular weight is 168 g/mol. The van der Waals surface area contributed by atoms with Crippen LogP contribution < -0.4 is 0 Å². The van der Waals surface area contributed by atoms with Crippen LogP contribution in [-0.2, 0) is 0 Å². The van der Waals surface area contributed by atoms with Crippen LogP contribution in [0.3, 0.4) is 0 Å². The van der Waals surface area contributed by atoms with Crippen LogP contribution in [0.1, 0.15) is 18.7 Å². The summed E-state index contributed by atoms with van der Waals surface area (Å²) in [6, 6.07) is 2.10. The van der Waals surface area contributed by atoms with E-state index in [0.29, 0.717) is 0 Å². The fourth-order valence-electron chi connectivity index (χ4n) is 0.876. The van der Waals surface area contributed by atoms with E-state index in [1.165, 1.54) is 9.58 Å². The topological polar surface area (TPSA) is 28.7 Å². The first-order valence-corrected chi connectivity index (χ1v) is 4.57. The molecule has 3 heteroatoms. The Labute approximate surface area is 70.3 Å². The number of H-pyrrole nitrogens is 1. The Morgan fingerprint density at radius 1 is 1.45 bits per heavy atom. The maximum Gasteiger partial charge on any atom is 0.0761 e. The number of thiophene rings is 1. The summed E-state index contributed by atoms with van der Waals surface area (Å²) in [5.41, 5.74) is 1.15. The van der Waals surface area contributed by atoms with Crippen molar-refractivity contribution in [3.8, 4) is 0 Å². The van der Waals surface area contributed by atoms with Crippen molar-refractivity contribution >= 4 is 21.6 Å². The maximum absolute atomic E-state index is 3.89. The lowest BCUT2D eigenvalue weighted by molar-refractivity contribution is 1.12. The number of rotatable bonds is 0. The Bertz CT molecular complexity index is 293. The zero-order valence-corrected chi connectivity index (χ0v) is 7.83. The molecule has 0 aliphatic carbocycles. The monoisotopic (exact) mass is 168 g/mol. The molecule has 2 nitrogen and oxygen atoms in total. The van der Waals surface area contributed by atoms with Crippen LogP contribution in [0.15, 0.2) is 12.3 Å². The molecule has 0 bridgehead atoms. The van der Waals surface area contributed by atoms with Crippen LogP contribution in [0, 0.1) is 6.92 Å². The highest BCUT2D eigenvalue weighted by molar-refractivity contribution is 7.18. The lowest BCUT2D eigenvalue weighted by Gasteiger charge is -1.70. The second-order valence-corrected chi connectivity index (χ2v) is 3.29. The van der Waals surface area contributed by atoms with Crippen LogP contribution in [-0.4, -0.2) is 10.2 Å². The first-order valence-electron chi connectivity index (χ1n) is 3.76. The Kier molecular flexibility index (Phi) is 2.65. The second-order valence-electron chi connectivity index (χ2n) is 2.00. The number of aromatic nitrogens is 2. The lowest BCUT2D eigenvalue weighted by atomic mass is 10.4. The molecular weight excluding hydrogens is 156 g/mol. The Morgan fingerprint density at radius 2 is 2.18 bits per heavy atom. The van der Waals surface area contributed by atoms with E-state index in [0.717, 1.165) is 5.52 Å². The molecule has 0 amide bonds. The van der Waals surface area contributed by atoms with Crippen molar-refractivity contribution in [1.82, 2.24) is 10.2 Å². The summed E-state index contributed by atoms with van der Waals surface area (Å²) >= 11 is 1.77. The summed E-state index contributed by atoms with van der Waals surface area (Å²) in [5.74, 6) is 0. The van der Waals surface area contributed by atoms with Crippen LogP contribution in [0.5, 0.6) is 0 Å². The number of aromatic amines is 1. The molecule has 0 radical (unpaired) electrons. The number of aryl methyl sites for hydroxylation is 1. The minimum absolute atomic E-state index is 1.15. The lowest BCUT2D eigenvalue weighted by Crippen LogP contribution is -1.61. The Balaban J connectivity index is 0.000000281. The molecule has 60 valence electrons. The number of hydrogen-bond acceptors (Lipinski definition) is 2. The number of fused-ring (bicyclic) bond motifs is 1. The molecule has 2 heterocycles. The molecule has 0 saturated carbocycles. The molecule has 1 N–H and O–H groups in total. The molecule has 0 aliphatic heterocycles. The van der Waals surface area contributed by atoms with Gasteiger partial charge >= 0.3 is 0 Å². The van der Waals surface area contributed by atoms with Gasteiger partial charge in [0.15, 0.2) is 0 Å². The van der Waals surface area contributed by atoms with E-state index >= 15 is 0 Å². The summed E-state index contributed by atoms with van der Waals surface area (Å²) in [6.07, 6.45) is 1.85. The smallest absolute Gasteiger partial charge is 0.0761 e. The summed E-state index contributed by atoms with van der Waals surface area (Å²) < 4.78 is 1.24. The quantitative estimate of drug-likeness (QED) is 0.643. The van der Waals surface area contributed by atoms with Crippen molar-refractivity contribution in [3.63, 3.8) is 0 Å². The Hall–Kier alpha value is -0.830. The molecule has 2 aromatic rings. The van der Waals surface area contributed by atoms with Gasteiger partial charge < -0.3 is 0 Å². The number of nitrogens with one attached hydrogen (secondary N) is 1. The second kappa shape index (κ2) is 3.53. The summed E-state index contributed by atoms with van der Waals surface area (Å²) in [4.78, 5) is 1.33. The first kappa shape index (κ1) is 8.27. The van der Waals surface area contributed by atoms with Crippen molar-refractivity contribution < 1.29 is 0 Å². The molecule has 0 saturated heterocycles. The maximum atomic E-state index is 3.89. The van der Waals surface area contributed by atoms with Gasteiger partial charge in [0, 0.05) is 4.88 Å². The van der Waals surface area contributed by atoms with Crippen LogP contribution in [0.25, 0.3) is 10.2 Å². The van der Waals surface area contributed by atoms with Crippen LogP contribution in [0.2, 0.25) is 0 Å². The van der Waals surface area contributed by atoms with Gasteiger partial charge in [-0.2, -0.15) is 5.10 Å². The van der Waals surface area contributed by atoms with E-state index in [9.17, 15) is 0 Å². The third-order valence-corrected chi connectivity index (χ3v) is 2.24. The van der Waals surface area contributed by atoms with Gasteiger partial charge in [0.05, 0.1) is 16.4 Å². The van der Waals surface area contributed by atoms with Gasteiger partial charge in [0.25, 0.3) is 0 Å². The van der Waals surface area contributed by atoms with Crippen molar-refractivity contribution in [3.05, 3.63) is 17.1 Å². The van der Waals surface area contributed by atoms with Crippen molar-refractivity contribution in [2.75, 3.05) is 0 Å². The molecule has 0 aromatic carbocycles.